The number of pyridine rings is 1. The molecule has 0 atom stereocenters. The van der Waals surface area contributed by atoms with Gasteiger partial charge in [0.05, 0.1) is 21.3 Å². The molecule has 4 nitrogen and oxygen atoms in total. The Balaban J connectivity index is 1.02. The van der Waals surface area contributed by atoms with Crippen molar-refractivity contribution in [2.75, 3.05) is 0 Å². The van der Waals surface area contributed by atoms with Crippen LogP contribution in [-0.2, 0) is 5.41 Å². The lowest BCUT2D eigenvalue weighted by Gasteiger charge is -2.22. The molecule has 4 heterocycles. The van der Waals surface area contributed by atoms with Crippen molar-refractivity contribution in [3.63, 3.8) is 0 Å². The number of fused-ring (bicyclic) bond motifs is 16. The molecule has 58 heavy (non-hydrogen) atoms. The second-order valence-corrected chi connectivity index (χ2v) is 17.2. The van der Waals surface area contributed by atoms with Crippen LogP contribution >= 0.6 is 11.3 Å². The molecule has 13 rings (SSSR count). The number of rotatable bonds is 3. The van der Waals surface area contributed by atoms with Gasteiger partial charge in [-0.2, -0.15) is 0 Å². The third-order valence-corrected chi connectivity index (χ3v) is 13.9. The zero-order valence-electron chi connectivity index (χ0n) is 31.9. The first-order chi connectivity index (χ1) is 28.5. The maximum atomic E-state index is 5.26. The Morgan fingerprint density at radius 2 is 1.19 bits per heavy atom. The summed E-state index contributed by atoms with van der Waals surface area (Å²) >= 11 is 1.89. The highest BCUT2D eigenvalue weighted by Crippen LogP contribution is 2.51. The lowest BCUT2D eigenvalue weighted by atomic mass is 9.81. The van der Waals surface area contributed by atoms with Crippen LogP contribution in [0.3, 0.4) is 0 Å². The molecule has 0 amide bonds. The average Bonchev–Trinajstić information content (AvgIpc) is 4.03. The Morgan fingerprint density at radius 3 is 2.05 bits per heavy atom. The molecule has 0 spiro atoms. The van der Waals surface area contributed by atoms with E-state index in [0.717, 1.165) is 33.4 Å². The lowest BCUT2D eigenvalue weighted by molar-refractivity contribution is 0.660. The van der Waals surface area contributed by atoms with Crippen LogP contribution in [0.25, 0.3) is 109 Å². The van der Waals surface area contributed by atoms with Gasteiger partial charge in [-0.3, -0.25) is 0 Å². The summed E-state index contributed by atoms with van der Waals surface area (Å²) in [5.41, 5.74) is 14.0. The van der Waals surface area contributed by atoms with Crippen molar-refractivity contribution in [2.24, 2.45) is 0 Å². The van der Waals surface area contributed by atoms with Gasteiger partial charge in [0.1, 0.15) is 0 Å². The van der Waals surface area contributed by atoms with Gasteiger partial charge in [0, 0.05) is 48.3 Å². The summed E-state index contributed by atoms with van der Waals surface area (Å²) in [5.74, 6) is 0.702. The topological polar surface area (TPSA) is 35.1 Å². The molecule has 1 aliphatic rings. The lowest BCUT2D eigenvalue weighted by Crippen LogP contribution is -2.14. The maximum absolute atomic E-state index is 5.26. The first kappa shape index (κ1) is 32.1. The molecule has 0 N–H and O–H groups in total. The average molecular weight is 759 g/mol. The fourth-order valence-electron chi connectivity index (χ4n) is 10.1. The van der Waals surface area contributed by atoms with Crippen LogP contribution in [0.2, 0.25) is 0 Å². The molecule has 0 saturated carbocycles. The quantitative estimate of drug-likeness (QED) is 0.180. The molecule has 5 heteroatoms. The SMILES string of the molecule is CC1(C)c2ccccc2-c2ccc(-c3cc4nc(-c5cccc(-n6c7ccccc7c7c8ccccc8c8c9ccccc9sc8c76)c5)nn4c4ccccc34)cc21. The highest BCUT2D eigenvalue weighted by molar-refractivity contribution is 7.27. The van der Waals surface area contributed by atoms with Gasteiger partial charge in [-0.1, -0.05) is 141 Å². The van der Waals surface area contributed by atoms with Crippen LogP contribution in [0.1, 0.15) is 25.0 Å². The predicted octanol–water partition coefficient (Wildman–Crippen LogP) is 14.1. The molecular weight excluding hydrogens is 725 g/mol. The molecule has 1 aliphatic carbocycles. The van der Waals surface area contributed by atoms with Crippen molar-refractivity contribution in [3.05, 3.63) is 181 Å². The van der Waals surface area contributed by atoms with Crippen LogP contribution in [0.4, 0.5) is 0 Å². The van der Waals surface area contributed by atoms with Crippen molar-refractivity contribution in [2.45, 2.75) is 19.3 Å². The van der Waals surface area contributed by atoms with E-state index in [9.17, 15) is 0 Å². The third-order valence-electron chi connectivity index (χ3n) is 12.7. The number of benzene rings is 8. The molecule has 0 unspecified atom stereocenters. The summed E-state index contributed by atoms with van der Waals surface area (Å²) in [6.07, 6.45) is 0. The molecule has 0 aliphatic heterocycles. The van der Waals surface area contributed by atoms with Crippen molar-refractivity contribution in [1.82, 2.24) is 19.2 Å². The van der Waals surface area contributed by atoms with Gasteiger partial charge in [-0.25, -0.2) is 9.50 Å². The fourth-order valence-corrected chi connectivity index (χ4v) is 11.4. The van der Waals surface area contributed by atoms with E-state index >= 15 is 0 Å². The van der Waals surface area contributed by atoms with Gasteiger partial charge in [0.2, 0.25) is 0 Å². The zero-order chi connectivity index (χ0) is 38.3. The van der Waals surface area contributed by atoms with E-state index in [2.05, 4.69) is 188 Å². The van der Waals surface area contributed by atoms with E-state index in [1.807, 2.05) is 15.9 Å². The van der Waals surface area contributed by atoms with Gasteiger partial charge in [0.25, 0.3) is 0 Å². The Hall–Kier alpha value is -7.08. The van der Waals surface area contributed by atoms with Crippen LogP contribution in [0, 0.1) is 0 Å². The Morgan fingerprint density at radius 1 is 0.500 bits per heavy atom. The molecule has 0 fully saturated rings. The number of nitrogens with zero attached hydrogens (tertiary/aromatic N) is 4. The van der Waals surface area contributed by atoms with E-state index in [1.165, 1.54) is 80.6 Å². The van der Waals surface area contributed by atoms with Crippen molar-refractivity contribution >= 4 is 80.6 Å². The highest BCUT2D eigenvalue weighted by atomic mass is 32.1. The molecule has 272 valence electrons. The summed E-state index contributed by atoms with van der Waals surface area (Å²) in [6, 6.07) is 62.0. The van der Waals surface area contributed by atoms with Crippen molar-refractivity contribution in [3.8, 4) is 39.3 Å². The summed E-state index contributed by atoms with van der Waals surface area (Å²) in [7, 11) is 0. The second kappa shape index (κ2) is 11.5. The monoisotopic (exact) mass is 758 g/mol. The van der Waals surface area contributed by atoms with Gasteiger partial charge < -0.3 is 4.57 Å². The first-order valence-corrected chi connectivity index (χ1v) is 20.7. The fraction of sp³-hybridized carbons (Fsp3) is 0.0566. The minimum Gasteiger partial charge on any atom is -0.308 e. The molecule has 8 aromatic carbocycles. The van der Waals surface area contributed by atoms with Gasteiger partial charge >= 0.3 is 0 Å². The van der Waals surface area contributed by atoms with Crippen LogP contribution < -0.4 is 0 Å². The summed E-state index contributed by atoms with van der Waals surface area (Å²) in [4.78, 5) is 5.26. The molecule has 0 saturated heterocycles. The summed E-state index contributed by atoms with van der Waals surface area (Å²) < 4.78 is 7.09. The van der Waals surface area contributed by atoms with Gasteiger partial charge in [-0.15, -0.1) is 16.4 Å². The van der Waals surface area contributed by atoms with E-state index in [1.54, 1.807) is 0 Å². The second-order valence-electron chi connectivity index (χ2n) is 16.2. The van der Waals surface area contributed by atoms with Gasteiger partial charge in [0.15, 0.2) is 11.5 Å². The molecule has 12 aromatic rings. The maximum Gasteiger partial charge on any atom is 0.182 e. The summed E-state index contributed by atoms with van der Waals surface area (Å²) in [6.45, 7) is 4.68. The number of thiophene rings is 1. The largest absolute Gasteiger partial charge is 0.308 e. The number of hydrogen-bond donors (Lipinski definition) is 0. The van der Waals surface area contributed by atoms with Crippen molar-refractivity contribution < 1.29 is 0 Å². The zero-order valence-corrected chi connectivity index (χ0v) is 32.7. The van der Waals surface area contributed by atoms with Gasteiger partial charge in [-0.05, 0) is 86.6 Å². The molecule has 4 aromatic heterocycles. The van der Waals surface area contributed by atoms with E-state index in [-0.39, 0.29) is 5.41 Å². The van der Waals surface area contributed by atoms with E-state index in [4.69, 9.17) is 10.1 Å². The normalized spacial score (nSPS) is 13.5. The number of hydrogen-bond acceptors (Lipinski definition) is 3. The first-order valence-electron chi connectivity index (χ1n) is 19.9. The smallest absolute Gasteiger partial charge is 0.182 e. The molecule has 0 radical (unpaired) electrons. The summed E-state index contributed by atoms with van der Waals surface area (Å²) in [5, 5.41) is 14.1. The Kier molecular flexibility index (Phi) is 6.36. The minimum atomic E-state index is -0.0822. The predicted molar refractivity (Wildman–Crippen MR) is 244 cm³/mol. The Labute approximate surface area is 337 Å². The van der Waals surface area contributed by atoms with Crippen LogP contribution in [-0.4, -0.2) is 19.2 Å². The van der Waals surface area contributed by atoms with Crippen LogP contribution in [0.15, 0.2) is 170 Å². The van der Waals surface area contributed by atoms with Crippen LogP contribution in [0.5, 0.6) is 0 Å². The standard InChI is InChI=1S/C53H34N4S/c1-53(2)42-22-9-5-16-34(42)35-27-26-31(29-43(35)53)41-30-47-54-52(55-57(47)45-24-11-6-17-36(41)45)32-14-13-15-33(28-32)56-44-23-10-7-20-39(44)48-37-18-3-4-19-38(37)49-40-21-8-12-25-46(40)58-51(49)50(48)56/h3-30H,1-2H3. The van der Waals surface area contributed by atoms with E-state index in [0.29, 0.717) is 5.82 Å². The number of aromatic nitrogens is 4. The Bertz CT molecular complexity index is 3730. The molecular formula is C53H34N4S. The number of para-hydroxylation sites is 2. The minimum absolute atomic E-state index is 0.0822. The van der Waals surface area contributed by atoms with Crippen molar-refractivity contribution in [1.29, 1.82) is 0 Å². The third kappa shape index (κ3) is 4.23. The molecule has 0 bridgehead atoms. The highest BCUT2D eigenvalue weighted by Gasteiger charge is 2.35. The van der Waals surface area contributed by atoms with E-state index < -0.39 is 0 Å².